The van der Waals surface area contributed by atoms with Gasteiger partial charge in [-0.05, 0) is 49.1 Å². The lowest BCUT2D eigenvalue weighted by Gasteiger charge is -2.09. The van der Waals surface area contributed by atoms with E-state index in [4.69, 9.17) is 0 Å². The van der Waals surface area contributed by atoms with Gasteiger partial charge in [-0.25, -0.2) is 17.4 Å². The number of nitrogens with zero attached hydrogens (tertiary/aromatic N) is 3. The van der Waals surface area contributed by atoms with Crippen molar-refractivity contribution in [2.24, 2.45) is 4.99 Å². The minimum Gasteiger partial charge on any atom is -0.294 e. The van der Waals surface area contributed by atoms with Gasteiger partial charge in [0.2, 0.25) is 0 Å². The van der Waals surface area contributed by atoms with E-state index in [1.165, 1.54) is 9.68 Å². The molecule has 1 aliphatic rings. The second kappa shape index (κ2) is 6.11. The van der Waals surface area contributed by atoms with Crippen molar-refractivity contribution in [1.29, 1.82) is 0 Å². The molecule has 0 saturated carbocycles. The molecular weight excluding hydrogens is 334 g/mol. The highest BCUT2D eigenvalue weighted by molar-refractivity contribution is 7.90. The number of aromatic nitrogens is 2. The summed E-state index contributed by atoms with van der Waals surface area (Å²) in [7, 11) is -3.64. The summed E-state index contributed by atoms with van der Waals surface area (Å²) in [5, 5.41) is 0.871. The van der Waals surface area contributed by atoms with Gasteiger partial charge in [0.1, 0.15) is 0 Å². The summed E-state index contributed by atoms with van der Waals surface area (Å²) in [6.45, 7) is 2.93. The van der Waals surface area contributed by atoms with E-state index in [2.05, 4.69) is 9.98 Å². The lowest BCUT2D eigenvalue weighted by atomic mass is 10.0. The lowest BCUT2D eigenvalue weighted by molar-refractivity contribution is 0.589. The first kappa shape index (κ1) is 16.0. The predicted molar refractivity (Wildman–Crippen MR) is 98.7 cm³/mol. The molecule has 5 nitrogen and oxygen atoms in total. The molecule has 0 unspecified atom stereocenters. The van der Waals surface area contributed by atoms with Gasteiger partial charge >= 0.3 is 0 Å². The van der Waals surface area contributed by atoms with Crippen LogP contribution in [-0.2, 0) is 16.4 Å². The van der Waals surface area contributed by atoms with E-state index in [9.17, 15) is 8.42 Å². The second-order valence-corrected chi connectivity index (χ2v) is 8.12. The van der Waals surface area contributed by atoms with Crippen LogP contribution in [0.3, 0.4) is 0 Å². The molecule has 3 aromatic rings. The van der Waals surface area contributed by atoms with Crippen LogP contribution < -0.4 is 0 Å². The third-order valence-electron chi connectivity index (χ3n) is 4.71. The fraction of sp³-hybridized carbons (Fsp3) is 0.263. The van der Waals surface area contributed by atoms with E-state index in [0.717, 1.165) is 42.3 Å². The Morgan fingerprint density at radius 3 is 2.68 bits per heavy atom. The van der Waals surface area contributed by atoms with E-state index in [-0.39, 0.29) is 4.90 Å². The summed E-state index contributed by atoms with van der Waals surface area (Å²) in [5.41, 5.74) is 3.86. The number of fused-ring (bicyclic) bond motifs is 1. The average Bonchev–Trinajstić information content (AvgIpc) is 3.28. The SMILES string of the molecule is Cc1c(CC2=NCCC2)cnc2c1ccn2S(=O)(=O)c1ccccc1. The van der Waals surface area contributed by atoms with Gasteiger partial charge in [-0.3, -0.25) is 4.99 Å². The summed E-state index contributed by atoms with van der Waals surface area (Å²) in [6.07, 6.45) is 6.33. The van der Waals surface area contributed by atoms with Crippen molar-refractivity contribution in [3.05, 3.63) is 59.9 Å². The van der Waals surface area contributed by atoms with Crippen molar-refractivity contribution in [2.45, 2.75) is 31.1 Å². The Bertz CT molecular complexity index is 1070. The maximum absolute atomic E-state index is 12.9. The van der Waals surface area contributed by atoms with Crippen LogP contribution in [0.25, 0.3) is 11.0 Å². The maximum Gasteiger partial charge on any atom is 0.269 e. The number of pyridine rings is 1. The molecule has 0 bridgehead atoms. The number of hydrogen-bond acceptors (Lipinski definition) is 4. The fourth-order valence-corrected chi connectivity index (χ4v) is 4.60. The molecule has 2 aromatic heterocycles. The molecular formula is C19H19N3O2S. The minimum absolute atomic E-state index is 0.261. The molecule has 0 saturated heterocycles. The zero-order chi connectivity index (χ0) is 17.4. The Balaban J connectivity index is 1.79. The zero-order valence-corrected chi connectivity index (χ0v) is 14.8. The molecule has 0 N–H and O–H groups in total. The quantitative estimate of drug-likeness (QED) is 0.722. The van der Waals surface area contributed by atoms with Crippen LogP contribution in [0.2, 0.25) is 0 Å². The van der Waals surface area contributed by atoms with E-state index in [1.807, 2.05) is 13.0 Å². The molecule has 0 aliphatic carbocycles. The first-order chi connectivity index (χ1) is 12.1. The summed E-state index contributed by atoms with van der Waals surface area (Å²) < 4.78 is 27.0. The van der Waals surface area contributed by atoms with Gasteiger partial charge in [0.05, 0.1) is 4.90 Å². The molecule has 0 atom stereocenters. The first-order valence-corrected chi connectivity index (χ1v) is 9.80. The number of rotatable bonds is 4. The van der Waals surface area contributed by atoms with Crippen molar-refractivity contribution in [3.8, 4) is 0 Å². The molecule has 4 rings (SSSR count). The molecule has 1 aliphatic heterocycles. The average molecular weight is 353 g/mol. The molecule has 25 heavy (non-hydrogen) atoms. The fourth-order valence-electron chi connectivity index (χ4n) is 3.28. The van der Waals surface area contributed by atoms with E-state index < -0.39 is 10.0 Å². The number of aliphatic imine (C=N–C) groups is 1. The Morgan fingerprint density at radius 1 is 1.16 bits per heavy atom. The van der Waals surface area contributed by atoms with Crippen LogP contribution in [0.15, 0.2) is 58.7 Å². The van der Waals surface area contributed by atoms with Gasteiger partial charge in [-0.1, -0.05) is 18.2 Å². The van der Waals surface area contributed by atoms with Gasteiger partial charge in [-0.15, -0.1) is 0 Å². The summed E-state index contributed by atoms with van der Waals surface area (Å²) in [5.74, 6) is 0. The molecule has 1 aromatic carbocycles. The molecule has 6 heteroatoms. The highest BCUT2D eigenvalue weighted by atomic mass is 32.2. The van der Waals surface area contributed by atoms with Gasteiger partial charge in [-0.2, -0.15) is 0 Å². The minimum atomic E-state index is -3.64. The van der Waals surface area contributed by atoms with Crippen LogP contribution in [0.4, 0.5) is 0 Å². The van der Waals surface area contributed by atoms with Crippen molar-refractivity contribution in [2.75, 3.05) is 6.54 Å². The van der Waals surface area contributed by atoms with Crippen LogP contribution in [0, 0.1) is 6.92 Å². The topological polar surface area (TPSA) is 64.3 Å². The highest BCUT2D eigenvalue weighted by Gasteiger charge is 2.21. The monoisotopic (exact) mass is 353 g/mol. The molecule has 0 amide bonds. The van der Waals surface area contributed by atoms with Gasteiger partial charge in [0.15, 0.2) is 5.65 Å². The standard InChI is InChI=1S/C19H19N3O2S/c1-14-15(12-16-6-5-10-20-16)13-21-19-18(14)9-11-22(19)25(23,24)17-7-3-2-4-8-17/h2-4,7-9,11,13H,5-6,10,12H2,1H3. The Morgan fingerprint density at radius 2 is 1.96 bits per heavy atom. The van der Waals surface area contributed by atoms with E-state index in [1.54, 1.807) is 42.7 Å². The first-order valence-electron chi connectivity index (χ1n) is 8.36. The zero-order valence-electron chi connectivity index (χ0n) is 14.0. The summed E-state index contributed by atoms with van der Waals surface area (Å²) in [4.78, 5) is 9.25. The molecule has 0 fully saturated rings. The van der Waals surface area contributed by atoms with E-state index in [0.29, 0.717) is 5.65 Å². The molecule has 3 heterocycles. The van der Waals surface area contributed by atoms with Crippen LogP contribution in [-0.4, -0.2) is 29.6 Å². The summed E-state index contributed by atoms with van der Waals surface area (Å²) >= 11 is 0. The third-order valence-corrected chi connectivity index (χ3v) is 6.39. The molecule has 0 radical (unpaired) electrons. The number of benzene rings is 1. The second-order valence-electron chi connectivity index (χ2n) is 6.30. The van der Waals surface area contributed by atoms with Crippen molar-refractivity contribution >= 4 is 26.8 Å². The van der Waals surface area contributed by atoms with Crippen LogP contribution >= 0.6 is 0 Å². The maximum atomic E-state index is 12.9. The van der Waals surface area contributed by atoms with E-state index >= 15 is 0 Å². The van der Waals surface area contributed by atoms with Crippen molar-refractivity contribution < 1.29 is 8.42 Å². The smallest absolute Gasteiger partial charge is 0.269 e. The Kier molecular flexibility index (Phi) is 3.92. The van der Waals surface area contributed by atoms with Crippen molar-refractivity contribution in [1.82, 2.24) is 8.96 Å². The molecule has 0 spiro atoms. The highest BCUT2D eigenvalue weighted by Crippen LogP contribution is 2.25. The lowest BCUT2D eigenvalue weighted by Crippen LogP contribution is -2.12. The predicted octanol–water partition coefficient (Wildman–Crippen LogP) is 3.36. The molecule has 128 valence electrons. The van der Waals surface area contributed by atoms with Gasteiger partial charge < -0.3 is 0 Å². The summed E-state index contributed by atoms with van der Waals surface area (Å²) in [6, 6.07) is 10.3. The normalized spacial score (nSPS) is 14.8. The number of aryl methyl sites for hydroxylation is 1. The Hall–Kier alpha value is -2.47. The van der Waals surface area contributed by atoms with Crippen LogP contribution in [0.5, 0.6) is 0 Å². The van der Waals surface area contributed by atoms with Crippen LogP contribution in [0.1, 0.15) is 24.0 Å². The largest absolute Gasteiger partial charge is 0.294 e. The number of hydrogen-bond donors (Lipinski definition) is 0. The third kappa shape index (κ3) is 2.76. The Labute approximate surface area is 147 Å². The van der Waals surface area contributed by atoms with Crippen molar-refractivity contribution in [3.63, 3.8) is 0 Å². The van der Waals surface area contributed by atoms with Gasteiger partial charge in [0.25, 0.3) is 10.0 Å². The van der Waals surface area contributed by atoms with Gasteiger partial charge in [0, 0.05) is 36.5 Å².